The van der Waals surface area contributed by atoms with Gasteiger partial charge in [-0.15, -0.1) is 0 Å². The largest absolute Gasteiger partial charge is 0.508 e. The van der Waals surface area contributed by atoms with Crippen LogP contribution in [0.25, 0.3) is 22.3 Å². The Morgan fingerprint density at radius 3 is 2.54 bits per heavy atom. The maximum Gasteiger partial charge on any atom is 0.197 e. The fourth-order valence-electron chi connectivity index (χ4n) is 2.43. The number of aromatic hydroxyl groups is 2. The smallest absolute Gasteiger partial charge is 0.197 e. The molecule has 2 N–H and O–H groups in total. The van der Waals surface area contributed by atoms with Crippen LogP contribution in [0, 0.1) is 0 Å². The number of rotatable bonds is 5. The van der Waals surface area contributed by atoms with Crippen molar-refractivity contribution in [1.82, 2.24) is 0 Å². The summed E-state index contributed by atoms with van der Waals surface area (Å²) >= 11 is 0. The molecule has 5 heteroatoms. The van der Waals surface area contributed by atoms with Crippen LogP contribution in [-0.2, 0) is 0 Å². The summed E-state index contributed by atoms with van der Waals surface area (Å²) in [6.45, 7) is 2.59. The van der Waals surface area contributed by atoms with Gasteiger partial charge in [0, 0.05) is 23.8 Å². The number of hydrogen-bond acceptors (Lipinski definition) is 5. The number of benzene rings is 2. The van der Waals surface area contributed by atoms with E-state index in [4.69, 9.17) is 9.15 Å². The van der Waals surface area contributed by atoms with Crippen molar-refractivity contribution in [1.29, 1.82) is 0 Å². The third-order valence-electron chi connectivity index (χ3n) is 3.70. The Bertz CT molecular complexity index is 909. The van der Waals surface area contributed by atoms with Crippen molar-refractivity contribution in [2.45, 2.75) is 19.8 Å². The summed E-state index contributed by atoms with van der Waals surface area (Å²) in [4.78, 5) is 12.3. The van der Waals surface area contributed by atoms with Crippen LogP contribution >= 0.6 is 0 Å². The van der Waals surface area contributed by atoms with Crippen LogP contribution in [0.3, 0.4) is 0 Å². The highest BCUT2D eigenvalue weighted by Crippen LogP contribution is 2.31. The lowest BCUT2D eigenvalue weighted by Crippen LogP contribution is -2.02. The Kier molecular flexibility index (Phi) is 4.42. The molecule has 0 radical (unpaired) electrons. The minimum absolute atomic E-state index is 0.125. The van der Waals surface area contributed by atoms with Crippen molar-refractivity contribution in [2.75, 3.05) is 6.61 Å². The Balaban J connectivity index is 2.07. The highest BCUT2D eigenvalue weighted by atomic mass is 16.5. The highest BCUT2D eigenvalue weighted by Gasteiger charge is 2.13. The van der Waals surface area contributed by atoms with Crippen molar-refractivity contribution in [3.05, 3.63) is 52.7 Å². The first-order valence-electron chi connectivity index (χ1n) is 7.81. The van der Waals surface area contributed by atoms with Gasteiger partial charge >= 0.3 is 0 Å². The predicted octanol–water partition coefficient (Wildman–Crippen LogP) is 4.05. The average Bonchev–Trinajstić information content (AvgIpc) is 2.55. The molecule has 0 spiro atoms. The predicted molar refractivity (Wildman–Crippen MR) is 91.7 cm³/mol. The quantitative estimate of drug-likeness (QED) is 0.691. The van der Waals surface area contributed by atoms with Gasteiger partial charge in [-0.3, -0.25) is 4.79 Å². The fourth-order valence-corrected chi connectivity index (χ4v) is 2.43. The number of ether oxygens (including phenoxy) is 1. The number of phenols is 2. The lowest BCUT2D eigenvalue weighted by atomic mass is 10.1. The van der Waals surface area contributed by atoms with Crippen molar-refractivity contribution in [2.24, 2.45) is 0 Å². The Morgan fingerprint density at radius 1 is 1.08 bits per heavy atom. The molecule has 1 aromatic heterocycles. The molecule has 124 valence electrons. The molecule has 0 atom stereocenters. The van der Waals surface area contributed by atoms with E-state index in [1.807, 2.05) is 0 Å². The van der Waals surface area contributed by atoms with Gasteiger partial charge in [0.05, 0.1) is 6.61 Å². The van der Waals surface area contributed by atoms with Gasteiger partial charge in [-0.2, -0.15) is 0 Å². The Morgan fingerprint density at radius 2 is 1.83 bits per heavy atom. The van der Waals surface area contributed by atoms with Gasteiger partial charge in [-0.25, -0.2) is 0 Å². The van der Waals surface area contributed by atoms with Gasteiger partial charge < -0.3 is 19.4 Å². The van der Waals surface area contributed by atoms with E-state index >= 15 is 0 Å². The standard InChI is InChI=1S/C19H18O5/c1-2-3-8-23-14-9-15(21)19-16(22)11-17(24-18(19)10-14)12-4-6-13(20)7-5-12/h4-7,9-11,20-21H,2-3,8H2,1H3. The zero-order valence-corrected chi connectivity index (χ0v) is 13.3. The molecule has 0 saturated heterocycles. The zero-order chi connectivity index (χ0) is 17.1. The van der Waals surface area contributed by atoms with Crippen molar-refractivity contribution in [3.63, 3.8) is 0 Å². The first kappa shape index (κ1) is 15.9. The van der Waals surface area contributed by atoms with E-state index in [-0.39, 0.29) is 27.9 Å². The van der Waals surface area contributed by atoms with Crippen LogP contribution in [0.2, 0.25) is 0 Å². The molecule has 0 saturated carbocycles. The molecule has 0 aliphatic rings. The van der Waals surface area contributed by atoms with Gasteiger partial charge in [0.15, 0.2) is 5.43 Å². The van der Waals surface area contributed by atoms with E-state index in [1.54, 1.807) is 18.2 Å². The Labute approximate surface area is 138 Å². The second kappa shape index (κ2) is 6.66. The molecule has 24 heavy (non-hydrogen) atoms. The SMILES string of the molecule is CCCCOc1cc(O)c2c(=O)cc(-c3ccc(O)cc3)oc2c1. The molecule has 0 unspecified atom stereocenters. The average molecular weight is 326 g/mol. The molecule has 2 aromatic carbocycles. The fraction of sp³-hybridized carbons (Fsp3) is 0.211. The molecular formula is C19H18O5. The number of fused-ring (bicyclic) bond motifs is 1. The van der Waals surface area contributed by atoms with Gasteiger partial charge in [0.25, 0.3) is 0 Å². The first-order valence-corrected chi connectivity index (χ1v) is 7.81. The topological polar surface area (TPSA) is 79.9 Å². The third kappa shape index (κ3) is 3.20. The van der Waals surface area contributed by atoms with Gasteiger partial charge in [-0.1, -0.05) is 13.3 Å². The van der Waals surface area contributed by atoms with Crippen molar-refractivity contribution >= 4 is 11.0 Å². The van der Waals surface area contributed by atoms with Crippen LogP contribution in [-0.4, -0.2) is 16.8 Å². The maximum atomic E-state index is 12.3. The summed E-state index contributed by atoms with van der Waals surface area (Å²) in [6.07, 6.45) is 1.90. The number of unbranched alkanes of at least 4 members (excludes halogenated alkanes) is 1. The molecule has 3 aromatic rings. The Hall–Kier alpha value is -2.95. The van der Waals surface area contributed by atoms with Crippen LogP contribution < -0.4 is 10.2 Å². The summed E-state index contributed by atoms with van der Waals surface area (Å²) in [5, 5.41) is 19.6. The van der Waals surface area contributed by atoms with Crippen LogP contribution in [0.15, 0.2) is 51.7 Å². The zero-order valence-electron chi connectivity index (χ0n) is 13.3. The van der Waals surface area contributed by atoms with Crippen LogP contribution in [0.1, 0.15) is 19.8 Å². The molecule has 0 amide bonds. The summed E-state index contributed by atoms with van der Waals surface area (Å²) in [6, 6.07) is 10.7. The molecule has 0 aliphatic heterocycles. The number of hydrogen-bond donors (Lipinski definition) is 2. The normalized spacial score (nSPS) is 10.9. The molecule has 5 nitrogen and oxygen atoms in total. The molecule has 1 heterocycles. The molecular weight excluding hydrogens is 308 g/mol. The van der Waals surface area contributed by atoms with Gasteiger partial charge in [0.2, 0.25) is 0 Å². The minimum Gasteiger partial charge on any atom is -0.508 e. The second-order valence-corrected chi connectivity index (χ2v) is 5.54. The molecule has 0 bridgehead atoms. The summed E-state index contributed by atoms with van der Waals surface area (Å²) in [5.41, 5.74) is 0.581. The second-order valence-electron chi connectivity index (χ2n) is 5.54. The first-order chi connectivity index (χ1) is 11.6. The minimum atomic E-state index is -0.336. The van der Waals surface area contributed by atoms with Gasteiger partial charge in [-0.05, 0) is 30.7 Å². The maximum absolute atomic E-state index is 12.3. The summed E-state index contributed by atoms with van der Waals surface area (Å²) in [7, 11) is 0. The van der Waals surface area contributed by atoms with Gasteiger partial charge in [0.1, 0.15) is 34.0 Å². The lowest BCUT2D eigenvalue weighted by molar-refractivity contribution is 0.308. The molecule has 3 rings (SSSR count). The van der Waals surface area contributed by atoms with E-state index in [9.17, 15) is 15.0 Å². The van der Waals surface area contributed by atoms with Crippen molar-refractivity contribution in [3.8, 4) is 28.6 Å². The third-order valence-corrected chi connectivity index (χ3v) is 3.70. The summed E-state index contributed by atoms with van der Waals surface area (Å²) < 4.78 is 11.4. The van der Waals surface area contributed by atoms with E-state index < -0.39 is 0 Å². The van der Waals surface area contributed by atoms with E-state index in [0.717, 1.165) is 12.8 Å². The van der Waals surface area contributed by atoms with Crippen LogP contribution in [0.5, 0.6) is 17.2 Å². The monoisotopic (exact) mass is 326 g/mol. The highest BCUT2D eigenvalue weighted by molar-refractivity contribution is 5.86. The number of phenolic OH excluding ortho intramolecular Hbond substituents is 2. The van der Waals surface area contributed by atoms with Crippen LogP contribution in [0.4, 0.5) is 0 Å². The molecule has 0 fully saturated rings. The van der Waals surface area contributed by atoms with Crippen molar-refractivity contribution < 1.29 is 19.4 Å². The van der Waals surface area contributed by atoms with E-state index in [1.165, 1.54) is 24.3 Å². The molecule has 0 aliphatic carbocycles. The lowest BCUT2D eigenvalue weighted by Gasteiger charge is -2.09. The van der Waals surface area contributed by atoms with E-state index in [0.29, 0.717) is 23.7 Å². The van der Waals surface area contributed by atoms with E-state index in [2.05, 4.69) is 6.92 Å². The summed E-state index contributed by atoms with van der Waals surface area (Å²) in [5.74, 6) is 0.785.